The average molecular weight is 405 g/mol. The summed E-state index contributed by atoms with van der Waals surface area (Å²) in [4.78, 5) is 14.7. The Morgan fingerprint density at radius 1 is 1.18 bits per heavy atom. The highest BCUT2D eigenvalue weighted by Gasteiger charge is 2.37. The van der Waals surface area contributed by atoms with Crippen LogP contribution in [0, 0.1) is 13.8 Å². The van der Waals surface area contributed by atoms with Gasteiger partial charge in [0, 0.05) is 25.2 Å². The van der Waals surface area contributed by atoms with Crippen molar-refractivity contribution in [2.24, 2.45) is 0 Å². The normalized spacial score (nSPS) is 23.2. The van der Waals surface area contributed by atoms with E-state index in [-0.39, 0.29) is 24.4 Å². The van der Waals surface area contributed by atoms with Crippen LogP contribution >= 0.6 is 12.4 Å². The van der Waals surface area contributed by atoms with Crippen molar-refractivity contribution in [3.05, 3.63) is 53.0 Å². The number of carbonyl (C=O) groups excluding carboxylic acids is 1. The molecular formula is C22H29ClN2O3. The van der Waals surface area contributed by atoms with Gasteiger partial charge in [-0.1, -0.05) is 17.7 Å². The third-order valence-corrected chi connectivity index (χ3v) is 5.89. The van der Waals surface area contributed by atoms with E-state index in [0.29, 0.717) is 30.2 Å². The molecule has 152 valence electrons. The summed E-state index contributed by atoms with van der Waals surface area (Å²) in [7, 11) is 1.89. The molecule has 2 aliphatic rings. The number of carbonyl (C=O) groups is 1. The van der Waals surface area contributed by atoms with E-state index in [9.17, 15) is 4.79 Å². The lowest BCUT2D eigenvalue weighted by Crippen LogP contribution is -2.48. The zero-order valence-corrected chi connectivity index (χ0v) is 17.6. The van der Waals surface area contributed by atoms with Gasteiger partial charge in [-0.05, 0) is 63.3 Å². The lowest BCUT2D eigenvalue weighted by Gasteiger charge is -2.35. The first-order chi connectivity index (χ1) is 13.0. The highest BCUT2D eigenvalue weighted by atomic mass is 35.5. The summed E-state index contributed by atoms with van der Waals surface area (Å²) in [6.45, 7) is 4.41. The van der Waals surface area contributed by atoms with Gasteiger partial charge in [-0.2, -0.15) is 0 Å². The van der Waals surface area contributed by atoms with Crippen LogP contribution < -0.4 is 10.1 Å². The molecule has 1 amide bonds. The number of amides is 1. The van der Waals surface area contributed by atoms with Crippen molar-refractivity contribution in [2.75, 3.05) is 7.05 Å². The van der Waals surface area contributed by atoms with Crippen molar-refractivity contribution in [2.45, 2.75) is 64.3 Å². The molecule has 0 aliphatic carbocycles. The van der Waals surface area contributed by atoms with Gasteiger partial charge in [-0.25, -0.2) is 0 Å². The third-order valence-electron chi connectivity index (χ3n) is 5.89. The highest BCUT2D eigenvalue weighted by molar-refractivity contribution is 5.91. The van der Waals surface area contributed by atoms with Crippen LogP contribution in [0.5, 0.6) is 5.75 Å². The van der Waals surface area contributed by atoms with Gasteiger partial charge in [0.05, 0.1) is 0 Å². The van der Waals surface area contributed by atoms with Crippen molar-refractivity contribution >= 4 is 18.3 Å². The van der Waals surface area contributed by atoms with Crippen LogP contribution in [-0.4, -0.2) is 36.0 Å². The lowest BCUT2D eigenvalue weighted by atomic mass is 9.98. The fourth-order valence-corrected chi connectivity index (χ4v) is 4.36. The maximum Gasteiger partial charge on any atom is 0.289 e. The van der Waals surface area contributed by atoms with E-state index in [1.807, 2.05) is 37.1 Å². The summed E-state index contributed by atoms with van der Waals surface area (Å²) in [6, 6.07) is 11.1. The minimum Gasteiger partial charge on any atom is -0.485 e. The molecule has 4 rings (SSSR count). The Balaban J connectivity index is 0.00000225. The summed E-state index contributed by atoms with van der Waals surface area (Å²) < 4.78 is 11.6. The molecular weight excluding hydrogens is 376 g/mol. The van der Waals surface area contributed by atoms with Crippen LogP contribution in [-0.2, 0) is 6.61 Å². The Kier molecular flexibility index (Phi) is 6.36. The first-order valence-electron chi connectivity index (χ1n) is 9.81. The van der Waals surface area contributed by atoms with Crippen LogP contribution in [0.3, 0.4) is 0 Å². The van der Waals surface area contributed by atoms with Crippen LogP contribution in [0.25, 0.3) is 0 Å². The van der Waals surface area contributed by atoms with Crippen molar-refractivity contribution in [3.8, 4) is 5.75 Å². The molecule has 2 aliphatic heterocycles. The summed E-state index contributed by atoms with van der Waals surface area (Å²) in [5.74, 6) is 1.85. The first kappa shape index (κ1) is 20.7. The summed E-state index contributed by atoms with van der Waals surface area (Å²) in [6.07, 6.45) is 4.51. The fraction of sp³-hybridized carbons (Fsp3) is 0.500. The largest absolute Gasteiger partial charge is 0.485 e. The number of ether oxygens (including phenoxy) is 1. The Morgan fingerprint density at radius 2 is 1.89 bits per heavy atom. The molecule has 1 N–H and O–H groups in total. The van der Waals surface area contributed by atoms with Gasteiger partial charge < -0.3 is 19.4 Å². The number of fused-ring (bicyclic) bond motifs is 2. The number of halogens is 1. The number of rotatable bonds is 5. The molecule has 1 aromatic heterocycles. The van der Waals surface area contributed by atoms with Crippen molar-refractivity contribution < 1.29 is 13.9 Å². The van der Waals surface area contributed by atoms with Gasteiger partial charge in [-0.3, -0.25) is 4.79 Å². The second-order valence-electron chi connectivity index (χ2n) is 8.00. The topological polar surface area (TPSA) is 54.7 Å². The zero-order chi connectivity index (χ0) is 19.0. The van der Waals surface area contributed by atoms with E-state index in [2.05, 4.69) is 18.3 Å². The molecule has 5 nitrogen and oxygen atoms in total. The predicted octanol–water partition coefficient (Wildman–Crippen LogP) is 4.25. The summed E-state index contributed by atoms with van der Waals surface area (Å²) in [5, 5.41) is 3.62. The molecule has 0 spiro atoms. The molecule has 2 aromatic rings. The number of aryl methyl sites for hydroxylation is 2. The molecule has 3 heterocycles. The highest BCUT2D eigenvalue weighted by Crippen LogP contribution is 2.30. The SMILES string of the molecule is Cc1ccc(OCc2ccc(C(=O)N(C)C3CC4CCC(C3)N4)o2)c(C)c1.Cl. The second kappa shape index (κ2) is 8.58. The molecule has 6 heteroatoms. The van der Waals surface area contributed by atoms with E-state index < -0.39 is 0 Å². The predicted molar refractivity (Wildman–Crippen MR) is 111 cm³/mol. The van der Waals surface area contributed by atoms with Crippen LogP contribution in [0.1, 0.15) is 53.1 Å². The molecule has 2 unspecified atom stereocenters. The van der Waals surface area contributed by atoms with Crippen molar-refractivity contribution in [3.63, 3.8) is 0 Å². The van der Waals surface area contributed by atoms with Gasteiger partial charge in [0.2, 0.25) is 0 Å². The zero-order valence-electron chi connectivity index (χ0n) is 16.7. The Bertz CT molecular complexity index is 823. The number of piperidine rings is 1. The fourth-order valence-electron chi connectivity index (χ4n) is 4.36. The first-order valence-corrected chi connectivity index (χ1v) is 9.81. The number of hydrogen-bond acceptors (Lipinski definition) is 4. The lowest BCUT2D eigenvalue weighted by molar-refractivity contribution is 0.0645. The standard InChI is InChI=1S/C22H28N2O3.ClH/c1-14-4-8-20(15(2)10-14)26-13-19-7-9-21(27-19)22(25)24(3)18-11-16-5-6-17(12-18)23-16;/h4,7-10,16-18,23H,5-6,11-13H2,1-3H3;1H. The van der Waals surface area contributed by atoms with E-state index >= 15 is 0 Å². The van der Waals surface area contributed by atoms with Gasteiger partial charge in [0.25, 0.3) is 5.91 Å². The second-order valence-corrected chi connectivity index (χ2v) is 8.00. The van der Waals surface area contributed by atoms with Crippen LogP contribution in [0.2, 0.25) is 0 Å². The summed E-state index contributed by atoms with van der Waals surface area (Å²) >= 11 is 0. The third kappa shape index (κ3) is 4.36. The smallest absolute Gasteiger partial charge is 0.289 e. The molecule has 2 bridgehead atoms. The van der Waals surface area contributed by atoms with Gasteiger partial charge in [0.1, 0.15) is 18.1 Å². The van der Waals surface area contributed by atoms with Gasteiger partial charge >= 0.3 is 0 Å². The monoisotopic (exact) mass is 404 g/mol. The molecule has 0 radical (unpaired) electrons. The Labute approximate surface area is 172 Å². The number of nitrogens with one attached hydrogen (secondary N) is 1. The molecule has 0 saturated carbocycles. The number of hydrogen-bond donors (Lipinski definition) is 1. The van der Waals surface area contributed by atoms with E-state index in [0.717, 1.165) is 24.2 Å². The average Bonchev–Trinajstić information content (AvgIpc) is 3.26. The minimum atomic E-state index is -0.0425. The van der Waals surface area contributed by atoms with E-state index in [4.69, 9.17) is 9.15 Å². The number of furan rings is 1. The molecule has 1 aromatic carbocycles. The Hall–Kier alpha value is -1.98. The number of nitrogens with zero attached hydrogens (tertiary/aromatic N) is 1. The minimum absolute atomic E-state index is 0. The van der Waals surface area contributed by atoms with Crippen LogP contribution in [0.4, 0.5) is 0 Å². The molecule has 2 atom stereocenters. The summed E-state index contributed by atoms with van der Waals surface area (Å²) in [5.41, 5.74) is 2.30. The molecule has 2 fully saturated rings. The Morgan fingerprint density at radius 3 is 2.57 bits per heavy atom. The van der Waals surface area contributed by atoms with Gasteiger partial charge in [0.15, 0.2) is 5.76 Å². The maximum absolute atomic E-state index is 12.8. The molecule has 2 saturated heterocycles. The van der Waals surface area contributed by atoms with E-state index in [1.165, 1.54) is 18.4 Å². The maximum atomic E-state index is 12.8. The van der Waals surface area contributed by atoms with E-state index in [1.54, 1.807) is 6.07 Å². The van der Waals surface area contributed by atoms with Gasteiger partial charge in [-0.15, -0.1) is 12.4 Å². The van der Waals surface area contributed by atoms with Crippen LogP contribution in [0.15, 0.2) is 34.7 Å². The number of benzene rings is 1. The van der Waals surface area contributed by atoms with Crippen molar-refractivity contribution in [1.29, 1.82) is 0 Å². The quantitative estimate of drug-likeness (QED) is 0.809. The molecule has 28 heavy (non-hydrogen) atoms. The van der Waals surface area contributed by atoms with Crippen molar-refractivity contribution in [1.82, 2.24) is 10.2 Å².